The summed E-state index contributed by atoms with van der Waals surface area (Å²) in [5.74, 6) is -1.84. The number of aryl methyl sites for hydroxylation is 1. The van der Waals surface area contributed by atoms with Gasteiger partial charge >= 0.3 is 12.6 Å². The lowest BCUT2D eigenvalue weighted by atomic mass is 10.2. The number of sulfone groups is 1. The minimum atomic E-state index is -3.13. The van der Waals surface area contributed by atoms with Crippen molar-refractivity contribution >= 4 is 45.1 Å². The number of aromatic nitrogens is 2. The number of hydrogen-bond acceptors (Lipinski definition) is 7. The molecule has 1 fully saturated rings. The van der Waals surface area contributed by atoms with E-state index in [-0.39, 0.29) is 34.1 Å². The van der Waals surface area contributed by atoms with Crippen molar-refractivity contribution in [3.05, 3.63) is 46.8 Å². The number of carbonyl (C=O) groups excluding carboxylic acids is 2. The molecule has 0 unspecified atom stereocenters. The van der Waals surface area contributed by atoms with Gasteiger partial charge in [-0.1, -0.05) is 23.7 Å². The third-order valence-electron chi connectivity index (χ3n) is 4.73. The van der Waals surface area contributed by atoms with Gasteiger partial charge in [0, 0.05) is 11.6 Å². The number of alkyl halides is 2. The summed E-state index contributed by atoms with van der Waals surface area (Å²) in [5, 5.41) is 6.78. The third kappa shape index (κ3) is 6.51. The summed E-state index contributed by atoms with van der Waals surface area (Å²) < 4.78 is 58.9. The number of amides is 1. The van der Waals surface area contributed by atoms with Gasteiger partial charge in [0.2, 0.25) is 0 Å². The van der Waals surface area contributed by atoms with Gasteiger partial charge in [0.25, 0.3) is 5.91 Å². The molecule has 1 aliphatic rings. The number of esters is 1. The lowest BCUT2D eigenvalue weighted by molar-refractivity contribution is -0.142. The topological polar surface area (TPSA) is 117 Å². The van der Waals surface area contributed by atoms with Gasteiger partial charge in [0.15, 0.2) is 16.4 Å². The number of carbonyl (C=O) groups is 2. The Balaban J connectivity index is 1.57. The van der Waals surface area contributed by atoms with Crippen LogP contribution in [0.3, 0.4) is 0 Å². The number of ether oxygens (including phenoxy) is 2. The molecule has 1 aromatic heterocycles. The van der Waals surface area contributed by atoms with E-state index in [9.17, 15) is 26.8 Å². The molecule has 178 valence electrons. The quantitative estimate of drug-likeness (QED) is 0.434. The molecule has 1 aromatic carbocycles. The Bertz CT molecular complexity index is 1180. The Kier molecular flexibility index (Phi) is 7.69. The summed E-state index contributed by atoms with van der Waals surface area (Å²) in [4.78, 5) is 24.0. The van der Waals surface area contributed by atoms with Gasteiger partial charge in [-0.25, -0.2) is 17.9 Å². The normalized spacial score (nSPS) is 17.4. The van der Waals surface area contributed by atoms with E-state index in [1.54, 1.807) is 6.92 Å². The summed E-state index contributed by atoms with van der Waals surface area (Å²) in [7, 11) is -3.13. The number of nitrogens with zero attached hydrogens (tertiary/aromatic N) is 2. The molecule has 0 bridgehead atoms. The molecule has 0 spiro atoms. The number of para-hydroxylation sites is 2. The maximum Gasteiger partial charge on any atom is 0.387 e. The number of anilines is 1. The third-order valence-corrected chi connectivity index (χ3v) is 6.86. The molecular formula is C20H20ClF2N3O6S. The molecule has 0 aliphatic carbocycles. The van der Waals surface area contributed by atoms with E-state index in [0.717, 1.165) is 6.08 Å². The van der Waals surface area contributed by atoms with Crippen LogP contribution in [-0.4, -0.2) is 54.8 Å². The van der Waals surface area contributed by atoms with E-state index < -0.39 is 34.9 Å². The van der Waals surface area contributed by atoms with Crippen LogP contribution < -0.4 is 10.1 Å². The zero-order chi connectivity index (χ0) is 24.2. The molecule has 1 saturated heterocycles. The highest BCUT2D eigenvalue weighted by atomic mass is 35.5. The van der Waals surface area contributed by atoms with Crippen LogP contribution in [0.15, 0.2) is 30.3 Å². The fourth-order valence-electron chi connectivity index (χ4n) is 3.22. The molecule has 1 atom stereocenters. The minimum absolute atomic E-state index is 0.00172. The average molecular weight is 504 g/mol. The van der Waals surface area contributed by atoms with E-state index in [4.69, 9.17) is 16.3 Å². The van der Waals surface area contributed by atoms with Crippen LogP contribution in [0, 0.1) is 6.92 Å². The predicted molar refractivity (Wildman–Crippen MR) is 116 cm³/mol. The summed E-state index contributed by atoms with van der Waals surface area (Å²) in [6, 6.07) is 5.20. The van der Waals surface area contributed by atoms with Gasteiger partial charge in [-0.15, -0.1) is 0 Å². The first kappa shape index (κ1) is 24.6. The monoisotopic (exact) mass is 503 g/mol. The van der Waals surface area contributed by atoms with Crippen LogP contribution in [0.2, 0.25) is 5.15 Å². The Morgan fingerprint density at radius 1 is 1.36 bits per heavy atom. The molecule has 3 rings (SSSR count). The summed E-state index contributed by atoms with van der Waals surface area (Å²) in [6.07, 6.45) is 2.80. The van der Waals surface area contributed by atoms with E-state index in [2.05, 4.69) is 15.2 Å². The van der Waals surface area contributed by atoms with Crippen molar-refractivity contribution in [2.75, 3.05) is 23.4 Å². The molecule has 0 saturated carbocycles. The Labute approximate surface area is 193 Å². The molecule has 33 heavy (non-hydrogen) atoms. The second-order valence-corrected chi connectivity index (χ2v) is 9.74. The fraction of sp³-hybridized carbons (Fsp3) is 0.350. The van der Waals surface area contributed by atoms with Gasteiger partial charge in [-0.05, 0) is 31.6 Å². The Morgan fingerprint density at radius 2 is 2.09 bits per heavy atom. The molecule has 2 heterocycles. The molecule has 9 nitrogen and oxygen atoms in total. The Morgan fingerprint density at radius 3 is 2.76 bits per heavy atom. The van der Waals surface area contributed by atoms with Crippen LogP contribution in [0.4, 0.5) is 14.5 Å². The molecule has 13 heteroatoms. The summed E-state index contributed by atoms with van der Waals surface area (Å²) in [5.41, 5.74) is 0.903. The van der Waals surface area contributed by atoms with Gasteiger partial charge in [-0.2, -0.15) is 13.9 Å². The van der Waals surface area contributed by atoms with Crippen molar-refractivity contribution in [2.45, 2.75) is 26.0 Å². The van der Waals surface area contributed by atoms with Crippen molar-refractivity contribution < 1.29 is 36.3 Å². The van der Waals surface area contributed by atoms with Crippen molar-refractivity contribution in [1.29, 1.82) is 0 Å². The van der Waals surface area contributed by atoms with E-state index in [0.29, 0.717) is 17.7 Å². The predicted octanol–water partition coefficient (Wildman–Crippen LogP) is 3.00. The highest BCUT2D eigenvalue weighted by Gasteiger charge is 2.31. The van der Waals surface area contributed by atoms with Gasteiger partial charge < -0.3 is 14.8 Å². The standard InChI is InChI=1S/C20H20ClF2N3O6S/c1-12-14(19(21)26(25-12)13-8-9-33(29,30)11-13)6-7-18(28)31-10-17(27)24-15-4-2-3-5-16(15)32-20(22)23/h2-7,13,20H,8-11H2,1H3,(H,24,27)/b7-6+/t13-/m0/s1. The second-order valence-electron chi connectivity index (χ2n) is 7.16. The van der Waals surface area contributed by atoms with Crippen molar-refractivity contribution in [3.63, 3.8) is 0 Å². The molecule has 2 aromatic rings. The first-order chi connectivity index (χ1) is 15.6. The van der Waals surface area contributed by atoms with Gasteiger partial charge in [0.05, 0.1) is 28.9 Å². The van der Waals surface area contributed by atoms with Crippen molar-refractivity contribution in [3.8, 4) is 5.75 Å². The van der Waals surface area contributed by atoms with Gasteiger partial charge in [-0.3, -0.25) is 4.79 Å². The molecule has 1 amide bonds. The lowest BCUT2D eigenvalue weighted by Gasteiger charge is -2.11. The average Bonchev–Trinajstić information content (AvgIpc) is 3.24. The van der Waals surface area contributed by atoms with E-state index >= 15 is 0 Å². The van der Waals surface area contributed by atoms with Crippen LogP contribution in [-0.2, 0) is 24.2 Å². The number of benzene rings is 1. The summed E-state index contributed by atoms with van der Waals surface area (Å²) >= 11 is 6.33. The van der Waals surface area contributed by atoms with Crippen LogP contribution in [0.1, 0.15) is 23.7 Å². The minimum Gasteiger partial charge on any atom is -0.452 e. The van der Waals surface area contributed by atoms with Crippen LogP contribution in [0.25, 0.3) is 6.08 Å². The largest absolute Gasteiger partial charge is 0.452 e. The fourth-order valence-corrected chi connectivity index (χ4v) is 5.29. The highest BCUT2D eigenvalue weighted by molar-refractivity contribution is 7.91. The van der Waals surface area contributed by atoms with Crippen molar-refractivity contribution in [1.82, 2.24) is 9.78 Å². The maximum atomic E-state index is 12.4. The molecule has 0 radical (unpaired) electrons. The first-order valence-electron chi connectivity index (χ1n) is 9.69. The summed E-state index contributed by atoms with van der Waals surface area (Å²) in [6.45, 7) is -2.08. The van der Waals surface area contributed by atoms with E-state index in [1.165, 1.54) is 35.0 Å². The molecular weight excluding hydrogens is 484 g/mol. The van der Waals surface area contributed by atoms with Crippen molar-refractivity contribution in [2.24, 2.45) is 0 Å². The number of halogens is 3. The smallest absolute Gasteiger partial charge is 0.387 e. The highest BCUT2D eigenvalue weighted by Crippen LogP contribution is 2.30. The Hall–Kier alpha value is -2.99. The zero-order valence-corrected chi connectivity index (χ0v) is 18.9. The number of nitrogens with one attached hydrogen (secondary N) is 1. The second kappa shape index (κ2) is 10.3. The maximum absolute atomic E-state index is 12.4. The SMILES string of the molecule is Cc1nn([C@H]2CCS(=O)(=O)C2)c(Cl)c1/C=C/C(=O)OCC(=O)Nc1ccccc1OC(F)F. The first-order valence-corrected chi connectivity index (χ1v) is 11.9. The van der Waals surface area contributed by atoms with Crippen LogP contribution in [0.5, 0.6) is 5.75 Å². The van der Waals surface area contributed by atoms with Gasteiger partial charge in [0.1, 0.15) is 10.9 Å². The molecule has 1 N–H and O–H groups in total. The van der Waals surface area contributed by atoms with E-state index in [1.807, 2.05) is 0 Å². The number of rotatable bonds is 8. The number of hydrogen-bond donors (Lipinski definition) is 1. The lowest BCUT2D eigenvalue weighted by Crippen LogP contribution is -2.20. The van der Waals surface area contributed by atoms with Crippen LogP contribution >= 0.6 is 11.6 Å². The molecule has 1 aliphatic heterocycles. The zero-order valence-electron chi connectivity index (χ0n) is 17.3.